The highest BCUT2D eigenvalue weighted by atomic mass is 19.1. The summed E-state index contributed by atoms with van der Waals surface area (Å²) in [5.41, 5.74) is 3.60. The third kappa shape index (κ3) is 4.80. The van der Waals surface area contributed by atoms with Gasteiger partial charge in [0, 0.05) is 47.2 Å². The summed E-state index contributed by atoms with van der Waals surface area (Å²) in [6.07, 6.45) is 6.40. The molecule has 12 heteroatoms. The van der Waals surface area contributed by atoms with E-state index in [9.17, 15) is 9.18 Å². The van der Waals surface area contributed by atoms with Crippen LogP contribution in [-0.2, 0) is 4.79 Å². The van der Waals surface area contributed by atoms with Gasteiger partial charge in [-0.1, -0.05) is 47.6 Å². The molecule has 5 aromatic rings. The Morgan fingerprint density at radius 2 is 1.79 bits per heavy atom. The van der Waals surface area contributed by atoms with Gasteiger partial charge in [-0.15, -0.1) is 5.10 Å². The van der Waals surface area contributed by atoms with E-state index in [1.54, 1.807) is 29.2 Å². The predicted octanol–water partition coefficient (Wildman–Crippen LogP) is 5.22. The first-order valence-electron chi connectivity index (χ1n) is 13.7. The van der Waals surface area contributed by atoms with Crippen molar-refractivity contribution in [1.82, 2.24) is 29.9 Å². The first-order valence-corrected chi connectivity index (χ1v) is 13.7. The number of nitrogens with one attached hydrogen (secondary N) is 2. The SMILES string of the molecule is CC(C)n1cc(-c2nnc(N[C@H]3N=C(c4ccccc4)c4cccc(F)c4NC3=O)o2)c(-c2cnc(C3CC3)nc2)n1. The van der Waals surface area contributed by atoms with Gasteiger partial charge in [0.25, 0.3) is 11.8 Å². The molecule has 2 aliphatic rings. The van der Waals surface area contributed by atoms with E-state index in [2.05, 4.69) is 35.8 Å². The summed E-state index contributed by atoms with van der Waals surface area (Å²) in [5.74, 6) is 0.336. The summed E-state index contributed by atoms with van der Waals surface area (Å²) in [6.45, 7) is 4.03. The average molecular weight is 564 g/mol. The molecule has 0 saturated heterocycles. The maximum absolute atomic E-state index is 14.8. The van der Waals surface area contributed by atoms with Crippen molar-refractivity contribution in [2.45, 2.75) is 44.8 Å². The maximum atomic E-state index is 14.8. The maximum Gasteiger partial charge on any atom is 0.317 e. The highest BCUT2D eigenvalue weighted by molar-refractivity contribution is 6.19. The summed E-state index contributed by atoms with van der Waals surface area (Å²) in [5, 5.41) is 18.7. The Hall–Kier alpha value is -5.26. The molecule has 2 N–H and O–H groups in total. The van der Waals surface area contributed by atoms with E-state index in [0.29, 0.717) is 28.5 Å². The van der Waals surface area contributed by atoms with Crippen LogP contribution in [0.3, 0.4) is 0 Å². The number of carbonyl (C=O) groups excluding carboxylic acids is 1. The van der Waals surface area contributed by atoms with Crippen LogP contribution in [0, 0.1) is 5.82 Å². The number of hydrogen-bond donors (Lipinski definition) is 2. The third-order valence-electron chi connectivity index (χ3n) is 7.14. The molecule has 1 amide bonds. The van der Waals surface area contributed by atoms with Crippen LogP contribution in [0.4, 0.5) is 16.1 Å². The number of rotatable bonds is 7. The summed E-state index contributed by atoms with van der Waals surface area (Å²) in [6, 6.07) is 13.9. The first kappa shape index (κ1) is 25.7. The minimum atomic E-state index is -1.18. The van der Waals surface area contributed by atoms with Gasteiger partial charge in [0.2, 0.25) is 6.17 Å². The zero-order valence-corrected chi connectivity index (χ0v) is 22.8. The number of benzodiazepines with no additional fused rings is 1. The number of fused-ring (bicyclic) bond motifs is 1. The van der Waals surface area contributed by atoms with Crippen LogP contribution in [0.2, 0.25) is 0 Å². The minimum Gasteiger partial charge on any atom is -0.403 e. The monoisotopic (exact) mass is 563 g/mol. The number of hydrogen-bond acceptors (Lipinski definition) is 9. The molecule has 7 rings (SSSR count). The van der Waals surface area contributed by atoms with Crippen molar-refractivity contribution in [3.05, 3.63) is 89.9 Å². The molecule has 0 radical (unpaired) electrons. The lowest BCUT2D eigenvalue weighted by Gasteiger charge is -2.11. The summed E-state index contributed by atoms with van der Waals surface area (Å²) < 4.78 is 22.6. The predicted molar refractivity (Wildman–Crippen MR) is 153 cm³/mol. The Kier molecular flexibility index (Phi) is 6.30. The van der Waals surface area contributed by atoms with E-state index in [-0.39, 0.29) is 23.6 Å². The average Bonchev–Trinajstić information content (AvgIpc) is 3.62. The molecule has 1 aliphatic heterocycles. The van der Waals surface area contributed by atoms with E-state index in [0.717, 1.165) is 29.8 Å². The van der Waals surface area contributed by atoms with Crippen LogP contribution in [0.5, 0.6) is 0 Å². The number of halogens is 1. The Bertz CT molecular complexity index is 1810. The molecule has 0 bridgehead atoms. The van der Waals surface area contributed by atoms with Crippen LogP contribution in [0.25, 0.3) is 22.7 Å². The smallest absolute Gasteiger partial charge is 0.317 e. The van der Waals surface area contributed by atoms with Crippen molar-refractivity contribution >= 4 is 23.3 Å². The Morgan fingerprint density at radius 3 is 2.52 bits per heavy atom. The zero-order valence-electron chi connectivity index (χ0n) is 22.8. The van der Waals surface area contributed by atoms with Crippen LogP contribution in [-0.4, -0.2) is 47.7 Å². The number of anilines is 2. The van der Waals surface area contributed by atoms with E-state index >= 15 is 0 Å². The fourth-order valence-corrected chi connectivity index (χ4v) is 4.77. The molecule has 3 aromatic heterocycles. The molecule has 210 valence electrons. The summed E-state index contributed by atoms with van der Waals surface area (Å²) >= 11 is 0. The lowest BCUT2D eigenvalue weighted by atomic mass is 10.0. The van der Waals surface area contributed by atoms with Gasteiger partial charge < -0.3 is 15.1 Å². The summed E-state index contributed by atoms with van der Waals surface area (Å²) in [4.78, 5) is 27.0. The van der Waals surface area contributed by atoms with Gasteiger partial charge in [-0.05, 0) is 32.8 Å². The molecule has 0 unspecified atom stereocenters. The van der Waals surface area contributed by atoms with Crippen molar-refractivity contribution < 1.29 is 13.6 Å². The number of para-hydroxylation sites is 1. The fourth-order valence-electron chi connectivity index (χ4n) is 4.77. The summed E-state index contributed by atoms with van der Waals surface area (Å²) in [7, 11) is 0. The Labute approximate surface area is 240 Å². The van der Waals surface area contributed by atoms with E-state index < -0.39 is 17.9 Å². The molecule has 42 heavy (non-hydrogen) atoms. The van der Waals surface area contributed by atoms with E-state index in [1.165, 1.54) is 6.07 Å². The second-order valence-electron chi connectivity index (χ2n) is 10.5. The van der Waals surface area contributed by atoms with Crippen molar-refractivity contribution in [2.24, 2.45) is 4.99 Å². The van der Waals surface area contributed by atoms with Gasteiger partial charge in [0.15, 0.2) is 0 Å². The van der Waals surface area contributed by atoms with Gasteiger partial charge in [-0.2, -0.15) is 5.10 Å². The molecule has 1 fully saturated rings. The van der Waals surface area contributed by atoms with Crippen LogP contribution in [0.15, 0.2) is 76.5 Å². The van der Waals surface area contributed by atoms with Crippen LogP contribution < -0.4 is 10.6 Å². The number of benzene rings is 2. The largest absolute Gasteiger partial charge is 0.403 e. The molecule has 1 atom stereocenters. The van der Waals surface area contributed by atoms with Crippen LogP contribution in [0.1, 0.15) is 55.6 Å². The highest BCUT2D eigenvalue weighted by Gasteiger charge is 2.30. The quantitative estimate of drug-likeness (QED) is 0.275. The third-order valence-corrected chi connectivity index (χ3v) is 7.14. The Balaban J connectivity index is 1.22. The van der Waals surface area contributed by atoms with Crippen molar-refractivity contribution in [1.29, 1.82) is 0 Å². The number of nitrogens with zero attached hydrogens (tertiary/aromatic N) is 7. The van der Waals surface area contributed by atoms with Crippen molar-refractivity contribution in [3.63, 3.8) is 0 Å². The number of aliphatic imine (C=N–C) groups is 1. The van der Waals surface area contributed by atoms with Crippen molar-refractivity contribution in [2.75, 3.05) is 10.6 Å². The number of aromatic nitrogens is 6. The molecule has 0 spiro atoms. The number of carbonyl (C=O) groups is 1. The lowest BCUT2D eigenvalue weighted by Crippen LogP contribution is -2.32. The molecule has 1 aliphatic carbocycles. The molecule has 2 aromatic carbocycles. The lowest BCUT2D eigenvalue weighted by molar-refractivity contribution is -0.116. The normalized spacial score (nSPS) is 16.5. The molecular formula is C30H26FN9O2. The second kappa shape index (κ2) is 10.3. The van der Waals surface area contributed by atoms with Gasteiger partial charge >= 0.3 is 6.01 Å². The van der Waals surface area contributed by atoms with Gasteiger partial charge in [0.1, 0.15) is 17.3 Å². The van der Waals surface area contributed by atoms with Gasteiger partial charge in [-0.3, -0.25) is 9.48 Å². The molecule has 4 heterocycles. The zero-order chi connectivity index (χ0) is 28.8. The highest BCUT2D eigenvalue weighted by Crippen LogP contribution is 2.38. The molecule has 11 nitrogen and oxygen atoms in total. The van der Waals surface area contributed by atoms with Crippen LogP contribution >= 0.6 is 0 Å². The van der Waals surface area contributed by atoms with E-state index in [1.807, 2.05) is 50.4 Å². The fraction of sp³-hybridized carbons (Fsp3) is 0.233. The van der Waals surface area contributed by atoms with E-state index in [4.69, 9.17) is 9.52 Å². The standard InChI is InChI=1S/C30H26FN9O2/c1-16(2)40-15-21(24(39-40)19-13-32-26(33-14-19)18-11-12-18)29-37-38-30(42-29)36-27-28(41)35-25-20(9-6-10-22(25)31)23(34-27)17-7-4-3-5-8-17/h3-10,13-16,18,27H,11-12H2,1-2H3,(H,35,41)(H,36,38)/t27-/m1/s1. The van der Waals surface area contributed by atoms with Crippen molar-refractivity contribution in [3.8, 4) is 22.7 Å². The van der Waals surface area contributed by atoms with Gasteiger partial charge in [0.05, 0.1) is 17.0 Å². The second-order valence-corrected chi connectivity index (χ2v) is 10.5. The molecular weight excluding hydrogens is 537 g/mol. The topological polar surface area (TPSA) is 136 Å². The number of amides is 1. The van der Waals surface area contributed by atoms with Gasteiger partial charge in [-0.25, -0.2) is 19.4 Å². The first-order chi connectivity index (χ1) is 20.4. The Morgan fingerprint density at radius 1 is 1.00 bits per heavy atom. The minimum absolute atomic E-state index is 0.0312. The molecule has 1 saturated carbocycles.